The highest BCUT2D eigenvalue weighted by atomic mass is 15.3. The van der Waals surface area contributed by atoms with Crippen LogP contribution in [0.25, 0.3) is 0 Å². The van der Waals surface area contributed by atoms with Crippen LogP contribution in [-0.2, 0) is 13.6 Å². The van der Waals surface area contributed by atoms with Crippen LogP contribution in [0, 0.1) is 12.8 Å². The van der Waals surface area contributed by atoms with Crippen LogP contribution in [0.15, 0.2) is 6.20 Å². The van der Waals surface area contributed by atoms with Gasteiger partial charge in [0.2, 0.25) is 0 Å². The molecule has 0 amide bonds. The van der Waals surface area contributed by atoms with Gasteiger partial charge in [-0.3, -0.25) is 9.58 Å². The number of aryl methyl sites for hydroxylation is 2. The molecule has 1 atom stereocenters. The molecular formula is C14H26N4. The van der Waals surface area contributed by atoms with Crippen LogP contribution in [0.5, 0.6) is 0 Å². The van der Waals surface area contributed by atoms with Crippen molar-refractivity contribution in [2.45, 2.75) is 33.4 Å². The Kier molecular flexibility index (Phi) is 4.07. The Labute approximate surface area is 111 Å². The van der Waals surface area contributed by atoms with E-state index in [-0.39, 0.29) is 0 Å². The molecular weight excluding hydrogens is 224 g/mol. The van der Waals surface area contributed by atoms with Gasteiger partial charge in [-0.1, -0.05) is 13.8 Å². The van der Waals surface area contributed by atoms with Gasteiger partial charge in [-0.05, 0) is 19.9 Å². The molecule has 102 valence electrons. The van der Waals surface area contributed by atoms with Gasteiger partial charge in [0.05, 0.1) is 5.69 Å². The second-order valence-electron chi connectivity index (χ2n) is 5.96. The van der Waals surface area contributed by atoms with E-state index in [1.54, 1.807) is 0 Å². The Morgan fingerprint density at radius 3 is 2.61 bits per heavy atom. The van der Waals surface area contributed by atoms with Gasteiger partial charge in [0, 0.05) is 51.0 Å². The maximum absolute atomic E-state index is 4.44. The monoisotopic (exact) mass is 250 g/mol. The minimum Gasteiger partial charge on any atom is -0.304 e. The fourth-order valence-corrected chi connectivity index (χ4v) is 2.84. The summed E-state index contributed by atoms with van der Waals surface area (Å²) >= 11 is 0. The number of hydrogen-bond donors (Lipinski definition) is 0. The number of hydrogen-bond acceptors (Lipinski definition) is 3. The molecule has 1 aliphatic rings. The topological polar surface area (TPSA) is 24.3 Å². The summed E-state index contributed by atoms with van der Waals surface area (Å²) < 4.78 is 1.92. The van der Waals surface area contributed by atoms with Gasteiger partial charge in [0.15, 0.2) is 0 Å². The second-order valence-corrected chi connectivity index (χ2v) is 5.96. The third kappa shape index (κ3) is 2.93. The van der Waals surface area contributed by atoms with E-state index in [2.05, 4.69) is 48.9 Å². The van der Waals surface area contributed by atoms with Crippen LogP contribution in [0.1, 0.15) is 25.1 Å². The van der Waals surface area contributed by atoms with Crippen molar-refractivity contribution in [3.05, 3.63) is 17.5 Å². The lowest BCUT2D eigenvalue weighted by atomic mass is 9.99. The summed E-state index contributed by atoms with van der Waals surface area (Å²) in [5.41, 5.74) is 2.53. The molecule has 0 spiro atoms. The molecule has 0 radical (unpaired) electrons. The van der Waals surface area contributed by atoms with E-state index in [4.69, 9.17) is 0 Å². The van der Waals surface area contributed by atoms with Crippen molar-refractivity contribution in [3.63, 3.8) is 0 Å². The smallest absolute Gasteiger partial charge is 0.0638 e. The zero-order valence-corrected chi connectivity index (χ0v) is 12.3. The van der Waals surface area contributed by atoms with Crippen LogP contribution in [0.2, 0.25) is 0 Å². The SMILES string of the molecule is Cc1nn(C)cc1CN1CCN(C)CC1C(C)C. The molecule has 0 bridgehead atoms. The molecule has 1 aromatic heterocycles. The van der Waals surface area contributed by atoms with Gasteiger partial charge in [-0.2, -0.15) is 5.10 Å². The molecule has 4 nitrogen and oxygen atoms in total. The predicted octanol–water partition coefficient (Wildman–Crippen LogP) is 1.50. The third-order valence-corrected chi connectivity index (χ3v) is 3.99. The number of nitrogens with zero attached hydrogens (tertiary/aromatic N) is 4. The highest BCUT2D eigenvalue weighted by Crippen LogP contribution is 2.20. The van der Waals surface area contributed by atoms with E-state index < -0.39 is 0 Å². The van der Waals surface area contributed by atoms with Crippen molar-refractivity contribution in [3.8, 4) is 0 Å². The summed E-state index contributed by atoms with van der Waals surface area (Å²) in [4.78, 5) is 5.06. The molecule has 4 heteroatoms. The summed E-state index contributed by atoms with van der Waals surface area (Å²) in [6.45, 7) is 11.3. The van der Waals surface area contributed by atoms with E-state index in [0.29, 0.717) is 12.0 Å². The summed E-state index contributed by atoms with van der Waals surface area (Å²) in [7, 11) is 4.22. The highest BCUT2D eigenvalue weighted by molar-refractivity contribution is 5.15. The van der Waals surface area contributed by atoms with Crippen LogP contribution in [-0.4, -0.2) is 52.3 Å². The molecule has 18 heavy (non-hydrogen) atoms. The molecule has 0 aromatic carbocycles. The maximum Gasteiger partial charge on any atom is 0.0638 e. The van der Waals surface area contributed by atoms with Gasteiger partial charge in [0.25, 0.3) is 0 Å². The number of rotatable bonds is 3. The molecule has 1 unspecified atom stereocenters. The van der Waals surface area contributed by atoms with Crippen molar-refractivity contribution in [2.75, 3.05) is 26.7 Å². The minimum atomic E-state index is 0.656. The van der Waals surface area contributed by atoms with Gasteiger partial charge in [-0.15, -0.1) is 0 Å². The Bertz CT molecular complexity index is 396. The highest BCUT2D eigenvalue weighted by Gasteiger charge is 2.28. The average Bonchev–Trinajstić information content (AvgIpc) is 2.60. The van der Waals surface area contributed by atoms with Gasteiger partial charge in [0.1, 0.15) is 0 Å². The lowest BCUT2D eigenvalue weighted by Gasteiger charge is -2.42. The summed E-state index contributed by atoms with van der Waals surface area (Å²) in [6.07, 6.45) is 2.16. The Hall–Kier alpha value is -0.870. The fourth-order valence-electron chi connectivity index (χ4n) is 2.84. The first-order chi connectivity index (χ1) is 8.47. The van der Waals surface area contributed by atoms with E-state index in [1.165, 1.54) is 24.3 Å². The van der Waals surface area contributed by atoms with Crippen LogP contribution < -0.4 is 0 Å². The van der Waals surface area contributed by atoms with Crippen molar-refractivity contribution in [1.29, 1.82) is 0 Å². The molecule has 1 saturated heterocycles. The third-order valence-electron chi connectivity index (χ3n) is 3.99. The predicted molar refractivity (Wildman–Crippen MR) is 74.5 cm³/mol. The number of likely N-dealkylation sites (N-methyl/N-ethyl adjacent to an activating group) is 1. The van der Waals surface area contributed by atoms with Crippen molar-refractivity contribution in [1.82, 2.24) is 19.6 Å². The van der Waals surface area contributed by atoms with Crippen LogP contribution in [0.3, 0.4) is 0 Å². The molecule has 2 heterocycles. The zero-order valence-electron chi connectivity index (χ0n) is 12.3. The lowest BCUT2D eigenvalue weighted by molar-refractivity contribution is 0.0569. The molecule has 2 rings (SSSR count). The van der Waals surface area contributed by atoms with E-state index in [9.17, 15) is 0 Å². The van der Waals surface area contributed by atoms with Crippen molar-refractivity contribution < 1.29 is 0 Å². The number of aromatic nitrogens is 2. The Morgan fingerprint density at radius 2 is 2.06 bits per heavy atom. The maximum atomic E-state index is 4.44. The molecule has 0 saturated carbocycles. The zero-order chi connectivity index (χ0) is 13.3. The van der Waals surface area contributed by atoms with Crippen LogP contribution in [0.4, 0.5) is 0 Å². The minimum absolute atomic E-state index is 0.656. The summed E-state index contributed by atoms with van der Waals surface area (Å²) in [5, 5.41) is 4.44. The first kappa shape index (κ1) is 13.6. The Morgan fingerprint density at radius 1 is 1.33 bits per heavy atom. The molecule has 1 aliphatic heterocycles. The van der Waals surface area contributed by atoms with Crippen molar-refractivity contribution in [2.24, 2.45) is 13.0 Å². The Balaban J connectivity index is 2.09. The van der Waals surface area contributed by atoms with Gasteiger partial charge < -0.3 is 4.90 Å². The molecule has 0 N–H and O–H groups in total. The van der Waals surface area contributed by atoms with E-state index in [0.717, 1.165) is 13.1 Å². The molecule has 1 aromatic rings. The average molecular weight is 250 g/mol. The van der Waals surface area contributed by atoms with Gasteiger partial charge >= 0.3 is 0 Å². The first-order valence-electron chi connectivity index (χ1n) is 6.89. The standard InChI is InChI=1S/C14H26N4/c1-11(2)14-10-16(4)6-7-18(14)9-13-8-17(5)15-12(13)3/h8,11,14H,6-7,9-10H2,1-5H3. The first-order valence-corrected chi connectivity index (χ1v) is 6.89. The lowest BCUT2D eigenvalue weighted by Crippen LogP contribution is -2.53. The summed E-state index contributed by atoms with van der Waals surface area (Å²) in [5.74, 6) is 0.699. The number of piperazine rings is 1. The van der Waals surface area contributed by atoms with Gasteiger partial charge in [-0.25, -0.2) is 0 Å². The molecule has 0 aliphatic carbocycles. The fraction of sp³-hybridized carbons (Fsp3) is 0.786. The largest absolute Gasteiger partial charge is 0.304 e. The van der Waals surface area contributed by atoms with E-state index in [1.807, 2.05) is 11.7 Å². The van der Waals surface area contributed by atoms with Crippen LogP contribution >= 0.6 is 0 Å². The summed E-state index contributed by atoms with van der Waals surface area (Å²) in [6, 6.07) is 0.656. The van der Waals surface area contributed by atoms with E-state index >= 15 is 0 Å². The quantitative estimate of drug-likeness (QED) is 0.812. The second kappa shape index (κ2) is 5.41. The van der Waals surface area contributed by atoms with Crippen molar-refractivity contribution >= 4 is 0 Å². The normalized spacial score (nSPS) is 22.9. The molecule has 1 fully saturated rings.